The Hall–Kier alpha value is -1.43. The number of cyclic esters (lactones) is 1. The first-order valence-corrected chi connectivity index (χ1v) is 4.16. The number of ether oxygens (including phenoxy) is 1. The molecule has 1 aliphatic heterocycles. The molecule has 1 aromatic rings. The fourth-order valence-electron chi connectivity index (χ4n) is 1.40. The lowest BCUT2D eigenvalue weighted by atomic mass is 10.1. The average Bonchev–Trinajstić information content (AvgIpc) is 2.59. The number of carbonyl (C=O) groups excluding carboxylic acids is 1. The largest absolute Gasteiger partial charge is 0.447 e. The third-order valence-corrected chi connectivity index (χ3v) is 2.10. The van der Waals surface area contributed by atoms with Gasteiger partial charge < -0.3 is 10.1 Å². The number of hydrogen-bond donors (Lipinski definition) is 1. The van der Waals surface area contributed by atoms with E-state index in [2.05, 4.69) is 10.1 Å². The molecule has 1 atom stereocenters. The van der Waals surface area contributed by atoms with Crippen LogP contribution in [0, 0.1) is 17.5 Å². The molecule has 7 heteroatoms. The molecule has 1 heterocycles. The summed E-state index contributed by atoms with van der Waals surface area (Å²) < 4.78 is 43.7. The Bertz CT molecular complexity index is 427. The maximum absolute atomic E-state index is 13.2. The smallest absolute Gasteiger partial charge is 0.407 e. The van der Waals surface area contributed by atoms with Gasteiger partial charge in [-0.05, 0) is 12.1 Å². The molecular formula is C9H7ClF3NO2. The van der Waals surface area contributed by atoms with E-state index in [9.17, 15) is 18.0 Å². The van der Waals surface area contributed by atoms with Crippen LogP contribution in [0.2, 0.25) is 0 Å². The highest BCUT2D eigenvalue weighted by atomic mass is 35.5. The van der Waals surface area contributed by atoms with E-state index in [1.165, 1.54) is 0 Å². The van der Waals surface area contributed by atoms with Crippen LogP contribution >= 0.6 is 12.4 Å². The first-order valence-electron chi connectivity index (χ1n) is 4.16. The Kier molecular flexibility index (Phi) is 3.64. The lowest BCUT2D eigenvalue weighted by Crippen LogP contribution is -2.21. The summed E-state index contributed by atoms with van der Waals surface area (Å²) >= 11 is 0. The van der Waals surface area contributed by atoms with Gasteiger partial charge in [-0.1, -0.05) is 0 Å². The van der Waals surface area contributed by atoms with Gasteiger partial charge in [0.1, 0.15) is 12.4 Å². The molecule has 2 rings (SSSR count). The molecular weight excluding hydrogens is 247 g/mol. The van der Waals surface area contributed by atoms with Crippen LogP contribution in [-0.4, -0.2) is 12.7 Å². The second-order valence-corrected chi connectivity index (χ2v) is 3.05. The van der Waals surface area contributed by atoms with Crippen molar-refractivity contribution in [2.45, 2.75) is 6.04 Å². The minimum Gasteiger partial charge on any atom is -0.447 e. The highest BCUT2D eigenvalue weighted by Gasteiger charge is 2.30. The summed E-state index contributed by atoms with van der Waals surface area (Å²) in [6.07, 6.45) is -0.775. The van der Waals surface area contributed by atoms with Crippen molar-refractivity contribution in [3.8, 4) is 0 Å². The first kappa shape index (κ1) is 12.6. The van der Waals surface area contributed by atoms with Crippen molar-refractivity contribution in [2.24, 2.45) is 0 Å². The Balaban J connectivity index is 0.00000128. The molecule has 0 radical (unpaired) electrons. The van der Waals surface area contributed by atoms with Gasteiger partial charge in [0.2, 0.25) is 0 Å². The Labute approximate surface area is 95.0 Å². The first-order chi connectivity index (χ1) is 7.09. The van der Waals surface area contributed by atoms with Crippen molar-refractivity contribution >= 4 is 18.5 Å². The van der Waals surface area contributed by atoms with Crippen LogP contribution in [-0.2, 0) is 4.74 Å². The zero-order valence-corrected chi connectivity index (χ0v) is 8.61. The third-order valence-electron chi connectivity index (χ3n) is 2.10. The van der Waals surface area contributed by atoms with E-state index >= 15 is 0 Å². The highest BCUT2D eigenvalue weighted by Crippen LogP contribution is 2.25. The van der Waals surface area contributed by atoms with Gasteiger partial charge in [0.05, 0.1) is 11.6 Å². The van der Waals surface area contributed by atoms with E-state index in [4.69, 9.17) is 0 Å². The lowest BCUT2D eigenvalue weighted by molar-refractivity contribution is 0.176. The van der Waals surface area contributed by atoms with E-state index in [1.807, 2.05) is 0 Å². The number of halogens is 4. The molecule has 1 aliphatic rings. The van der Waals surface area contributed by atoms with Gasteiger partial charge in [0.15, 0.2) is 11.6 Å². The number of hydrogen-bond acceptors (Lipinski definition) is 2. The molecule has 1 amide bonds. The molecule has 88 valence electrons. The summed E-state index contributed by atoms with van der Waals surface area (Å²) in [5, 5.41) is 2.17. The van der Waals surface area contributed by atoms with Crippen molar-refractivity contribution in [1.82, 2.24) is 5.32 Å². The minimum atomic E-state index is -1.30. The standard InChI is InChI=1S/C9H6F3NO2.ClH/c10-4-1-2-5(11)8(12)7(4)6-3-15-9(14)13-6;/h1-2,6H,3H2,(H,13,14);1H/t6-;/m1./s1. The second-order valence-electron chi connectivity index (χ2n) is 3.05. The topological polar surface area (TPSA) is 38.3 Å². The van der Waals surface area contributed by atoms with E-state index in [-0.39, 0.29) is 19.0 Å². The molecule has 3 nitrogen and oxygen atoms in total. The Morgan fingerprint density at radius 3 is 2.44 bits per heavy atom. The van der Waals surface area contributed by atoms with Crippen LogP contribution in [0.1, 0.15) is 11.6 Å². The van der Waals surface area contributed by atoms with Gasteiger partial charge in [-0.15, -0.1) is 12.4 Å². The van der Waals surface area contributed by atoms with Crippen molar-refractivity contribution in [3.63, 3.8) is 0 Å². The van der Waals surface area contributed by atoms with Crippen LogP contribution in [0.15, 0.2) is 12.1 Å². The number of rotatable bonds is 1. The van der Waals surface area contributed by atoms with Gasteiger partial charge >= 0.3 is 6.09 Å². The van der Waals surface area contributed by atoms with Gasteiger partial charge in [0.25, 0.3) is 0 Å². The highest BCUT2D eigenvalue weighted by molar-refractivity contribution is 5.85. The molecule has 0 saturated carbocycles. The molecule has 1 N–H and O–H groups in total. The van der Waals surface area contributed by atoms with Crippen LogP contribution in [0.5, 0.6) is 0 Å². The quantitative estimate of drug-likeness (QED) is 0.780. The number of alkyl carbamates (subject to hydrolysis) is 1. The van der Waals surface area contributed by atoms with Crippen LogP contribution in [0.4, 0.5) is 18.0 Å². The summed E-state index contributed by atoms with van der Waals surface area (Å²) in [6, 6.07) is 0.512. The van der Waals surface area contributed by atoms with Crippen molar-refractivity contribution in [2.75, 3.05) is 6.61 Å². The molecule has 1 aromatic carbocycles. The number of amides is 1. The van der Waals surface area contributed by atoms with Crippen LogP contribution < -0.4 is 5.32 Å². The predicted octanol–water partition coefficient (Wildman–Crippen LogP) is 2.31. The van der Waals surface area contributed by atoms with Gasteiger partial charge in [-0.3, -0.25) is 0 Å². The molecule has 0 spiro atoms. The zero-order chi connectivity index (χ0) is 11.0. The molecule has 1 fully saturated rings. The lowest BCUT2D eigenvalue weighted by Gasteiger charge is -2.10. The number of carbonyl (C=O) groups is 1. The number of nitrogens with one attached hydrogen (secondary N) is 1. The van der Waals surface area contributed by atoms with E-state index in [0.29, 0.717) is 6.07 Å². The summed E-state index contributed by atoms with van der Waals surface area (Å²) in [4.78, 5) is 10.7. The fourth-order valence-corrected chi connectivity index (χ4v) is 1.40. The monoisotopic (exact) mass is 253 g/mol. The summed E-state index contributed by atoms with van der Waals surface area (Å²) in [7, 11) is 0. The van der Waals surface area contributed by atoms with E-state index in [0.717, 1.165) is 6.07 Å². The van der Waals surface area contributed by atoms with Gasteiger partial charge in [0, 0.05) is 0 Å². The number of benzene rings is 1. The SMILES string of the molecule is Cl.O=C1N[C@@H](c2c(F)ccc(F)c2F)CO1. The molecule has 0 aromatic heterocycles. The average molecular weight is 254 g/mol. The summed E-state index contributed by atoms with van der Waals surface area (Å²) in [6.45, 7) is -0.212. The molecule has 1 saturated heterocycles. The molecule has 0 aliphatic carbocycles. The third kappa shape index (κ3) is 2.06. The van der Waals surface area contributed by atoms with Gasteiger partial charge in [-0.2, -0.15) is 0 Å². The minimum absolute atomic E-state index is 0. The predicted molar refractivity (Wildman–Crippen MR) is 50.8 cm³/mol. The van der Waals surface area contributed by atoms with Crippen molar-refractivity contribution < 1.29 is 22.7 Å². The fraction of sp³-hybridized carbons (Fsp3) is 0.222. The normalized spacial score (nSPS) is 18.7. The maximum Gasteiger partial charge on any atom is 0.407 e. The Morgan fingerprint density at radius 1 is 1.25 bits per heavy atom. The Morgan fingerprint density at radius 2 is 1.88 bits per heavy atom. The van der Waals surface area contributed by atoms with Crippen molar-refractivity contribution in [1.29, 1.82) is 0 Å². The summed E-state index contributed by atoms with van der Waals surface area (Å²) in [5.41, 5.74) is -0.513. The molecule has 0 unspecified atom stereocenters. The molecule has 0 bridgehead atoms. The second kappa shape index (κ2) is 4.61. The van der Waals surface area contributed by atoms with Crippen LogP contribution in [0.3, 0.4) is 0 Å². The van der Waals surface area contributed by atoms with E-state index < -0.39 is 35.2 Å². The van der Waals surface area contributed by atoms with E-state index in [1.54, 1.807) is 0 Å². The summed E-state index contributed by atoms with van der Waals surface area (Å²) in [5.74, 6) is -3.37. The maximum atomic E-state index is 13.2. The van der Waals surface area contributed by atoms with Gasteiger partial charge in [-0.25, -0.2) is 18.0 Å². The van der Waals surface area contributed by atoms with Crippen molar-refractivity contribution in [3.05, 3.63) is 35.1 Å². The molecule has 16 heavy (non-hydrogen) atoms. The van der Waals surface area contributed by atoms with Crippen LogP contribution in [0.25, 0.3) is 0 Å². The zero-order valence-electron chi connectivity index (χ0n) is 7.80.